The van der Waals surface area contributed by atoms with Gasteiger partial charge in [0.2, 0.25) is 0 Å². The van der Waals surface area contributed by atoms with E-state index in [1.165, 1.54) is 0 Å². The Hall–Kier alpha value is -2.83. The number of ether oxygens (including phenoxy) is 1. The fourth-order valence-electron chi connectivity index (χ4n) is 4.00. The minimum Gasteiger partial charge on any atom is -0.447 e. The Kier molecular flexibility index (Phi) is 4.40. The fourth-order valence-corrected chi connectivity index (χ4v) is 4.00. The number of carbonyl (C=O) groups is 2. The molecule has 0 aliphatic carbocycles. The van der Waals surface area contributed by atoms with Crippen LogP contribution < -0.4 is 4.90 Å². The Balaban J connectivity index is 1.62. The summed E-state index contributed by atoms with van der Waals surface area (Å²) in [5, 5.41) is 4.53. The second kappa shape index (κ2) is 6.65. The molecule has 1 aromatic carbocycles. The lowest BCUT2D eigenvalue weighted by atomic mass is 9.89. The molecule has 0 saturated carbocycles. The Bertz CT molecular complexity index is 942. The van der Waals surface area contributed by atoms with Gasteiger partial charge in [0.15, 0.2) is 0 Å². The highest BCUT2D eigenvalue weighted by Gasteiger charge is 2.32. The van der Waals surface area contributed by atoms with E-state index >= 15 is 0 Å². The zero-order valence-corrected chi connectivity index (χ0v) is 16.9. The minimum absolute atomic E-state index is 0.00894. The van der Waals surface area contributed by atoms with Crippen LogP contribution in [-0.2, 0) is 30.2 Å². The summed E-state index contributed by atoms with van der Waals surface area (Å²) in [4.78, 5) is 28.8. The highest BCUT2D eigenvalue weighted by atomic mass is 16.6. The predicted molar refractivity (Wildman–Crippen MR) is 105 cm³/mol. The monoisotopic (exact) mass is 382 g/mol. The van der Waals surface area contributed by atoms with Gasteiger partial charge in [-0.05, 0) is 23.6 Å². The molecule has 1 fully saturated rings. The average Bonchev–Trinajstić information content (AvgIpc) is 3.25. The quantitative estimate of drug-likeness (QED) is 0.801. The zero-order chi connectivity index (χ0) is 20.1. The molecule has 7 heteroatoms. The number of cyclic esters (lactones) is 1. The Morgan fingerprint density at radius 1 is 1.21 bits per heavy atom. The van der Waals surface area contributed by atoms with Gasteiger partial charge in [-0.1, -0.05) is 32.9 Å². The Morgan fingerprint density at radius 2 is 2.00 bits per heavy atom. The molecule has 0 N–H and O–H groups in total. The maximum atomic E-state index is 13.3. The number of fused-ring (bicyclic) bond motifs is 1. The number of rotatable bonds is 2. The molecule has 1 aromatic heterocycles. The van der Waals surface area contributed by atoms with Gasteiger partial charge in [-0.15, -0.1) is 0 Å². The van der Waals surface area contributed by atoms with Crippen molar-refractivity contribution >= 4 is 17.7 Å². The lowest BCUT2D eigenvalue weighted by Gasteiger charge is -2.31. The summed E-state index contributed by atoms with van der Waals surface area (Å²) in [7, 11) is 1.85. The normalized spacial score (nSPS) is 16.9. The van der Waals surface area contributed by atoms with Gasteiger partial charge in [-0.3, -0.25) is 14.4 Å². The molecule has 7 nitrogen and oxygen atoms in total. The van der Waals surface area contributed by atoms with Crippen LogP contribution in [0.1, 0.15) is 48.0 Å². The van der Waals surface area contributed by atoms with Crippen molar-refractivity contribution in [2.75, 3.05) is 24.6 Å². The number of anilines is 1. The summed E-state index contributed by atoms with van der Waals surface area (Å²) in [5.41, 5.74) is 4.40. The number of nitrogens with zero attached hydrogens (tertiary/aromatic N) is 4. The summed E-state index contributed by atoms with van der Waals surface area (Å²) in [6.45, 7) is 8.34. The summed E-state index contributed by atoms with van der Waals surface area (Å²) in [6, 6.07) is 5.94. The van der Waals surface area contributed by atoms with Gasteiger partial charge >= 0.3 is 6.09 Å². The first-order chi connectivity index (χ1) is 13.3. The van der Waals surface area contributed by atoms with Crippen LogP contribution in [-0.4, -0.2) is 46.4 Å². The van der Waals surface area contributed by atoms with Crippen LogP contribution in [0.25, 0.3) is 0 Å². The first-order valence-electron chi connectivity index (χ1n) is 9.64. The van der Waals surface area contributed by atoms with Crippen LogP contribution in [0.3, 0.4) is 0 Å². The number of benzene rings is 1. The van der Waals surface area contributed by atoms with Crippen LogP contribution in [0.4, 0.5) is 10.5 Å². The second-order valence-electron chi connectivity index (χ2n) is 8.47. The first kappa shape index (κ1) is 18.5. The molecule has 0 spiro atoms. The highest BCUT2D eigenvalue weighted by Crippen LogP contribution is 2.32. The van der Waals surface area contributed by atoms with Gasteiger partial charge in [-0.25, -0.2) is 4.79 Å². The number of aromatic nitrogens is 2. The van der Waals surface area contributed by atoms with Gasteiger partial charge in [0.05, 0.1) is 23.5 Å². The third-order valence-electron chi connectivity index (χ3n) is 5.35. The third-order valence-corrected chi connectivity index (χ3v) is 5.35. The number of amides is 2. The van der Waals surface area contributed by atoms with Crippen molar-refractivity contribution in [2.45, 2.75) is 39.2 Å². The van der Waals surface area contributed by atoms with Crippen LogP contribution in [0.15, 0.2) is 24.4 Å². The molecule has 0 atom stereocenters. The molecule has 4 rings (SSSR count). The molecule has 2 amide bonds. The lowest BCUT2D eigenvalue weighted by molar-refractivity contribution is 0.0732. The van der Waals surface area contributed by atoms with Crippen LogP contribution in [0.5, 0.6) is 0 Å². The van der Waals surface area contributed by atoms with E-state index in [0.717, 1.165) is 22.5 Å². The molecule has 28 heavy (non-hydrogen) atoms. The average molecular weight is 382 g/mol. The van der Waals surface area contributed by atoms with E-state index in [-0.39, 0.29) is 17.4 Å². The number of carbonyl (C=O) groups excluding carboxylic acids is 2. The molecular formula is C21H26N4O3. The van der Waals surface area contributed by atoms with E-state index in [9.17, 15) is 9.59 Å². The van der Waals surface area contributed by atoms with Crippen LogP contribution >= 0.6 is 0 Å². The van der Waals surface area contributed by atoms with E-state index in [1.807, 2.05) is 36.3 Å². The molecule has 0 bridgehead atoms. The molecule has 2 aliphatic heterocycles. The van der Waals surface area contributed by atoms with Crippen molar-refractivity contribution in [1.29, 1.82) is 0 Å². The summed E-state index contributed by atoms with van der Waals surface area (Å²) >= 11 is 0. The summed E-state index contributed by atoms with van der Waals surface area (Å²) < 4.78 is 6.80. The fraction of sp³-hybridized carbons (Fsp3) is 0.476. The van der Waals surface area contributed by atoms with Crippen molar-refractivity contribution in [3.63, 3.8) is 0 Å². The molecule has 0 unspecified atom stereocenters. The smallest absolute Gasteiger partial charge is 0.414 e. The lowest BCUT2D eigenvalue weighted by Crippen LogP contribution is -2.38. The number of aryl methyl sites for hydroxylation is 1. The van der Waals surface area contributed by atoms with E-state index in [0.29, 0.717) is 38.2 Å². The maximum absolute atomic E-state index is 13.3. The molecule has 2 aromatic rings. The Morgan fingerprint density at radius 3 is 2.68 bits per heavy atom. The second-order valence-corrected chi connectivity index (χ2v) is 8.47. The van der Waals surface area contributed by atoms with Gasteiger partial charge in [0.25, 0.3) is 5.91 Å². The van der Waals surface area contributed by atoms with Gasteiger partial charge in [-0.2, -0.15) is 5.10 Å². The third kappa shape index (κ3) is 3.15. The van der Waals surface area contributed by atoms with Crippen molar-refractivity contribution in [1.82, 2.24) is 14.7 Å². The molecule has 0 radical (unpaired) electrons. The molecule has 3 heterocycles. The van der Waals surface area contributed by atoms with E-state index in [1.54, 1.807) is 9.58 Å². The van der Waals surface area contributed by atoms with Crippen molar-refractivity contribution in [3.05, 3.63) is 46.8 Å². The van der Waals surface area contributed by atoms with E-state index in [4.69, 9.17) is 4.74 Å². The van der Waals surface area contributed by atoms with Gasteiger partial charge in [0, 0.05) is 31.7 Å². The predicted octanol–water partition coefficient (Wildman–Crippen LogP) is 2.87. The highest BCUT2D eigenvalue weighted by molar-refractivity contribution is 5.96. The number of hydrogen-bond acceptors (Lipinski definition) is 4. The summed E-state index contributed by atoms with van der Waals surface area (Å²) in [6.07, 6.45) is 2.23. The maximum Gasteiger partial charge on any atom is 0.414 e. The van der Waals surface area contributed by atoms with Crippen molar-refractivity contribution in [3.8, 4) is 0 Å². The van der Waals surface area contributed by atoms with Crippen molar-refractivity contribution in [2.24, 2.45) is 7.05 Å². The largest absolute Gasteiger partial charge is 0.447 e. The number of hydrogen-bond donors (Lipinski definition) is 0. The van der Waals surface area contributed by atoms with E-state index < -0.39 is 0 Å². The van der Waals surface area contributed by atoms with Gasteiger partial charge < -0.3 is 9.64 Å². The van der Waals surface area contributed by atoms with E-state index in [2.05, 4.69) is 25.9 Å². The SMILES string of the molecule is Cn1cc(C(=O)N2CCc3c(cccc3N3CCOC3=O)C2)c(C(C)(C)C)n1. The summed E-state index contributed by atoms with van der Waals surface area (Å²) in [5.74, 6) is 0.00894. The first-order valence-corrected chi connectivity index (χ1v) is 9.64. The van der Waals surface area contributed by atoms with Crippen LogP contribution in [0.2, 0.25) is 0 Å². The standard InChI is InChI=1S/C21H26N4O3/c1-21(2,3)18-16(13-23(4)22-18)19(26)24-9-8-15-14(12-24)6-5-7-17(15)25-10-11-28-20(25)27/h5-7,13H,8-12H2,1-4H3. The molecule has 2 aliphatic rings. The molecular weight excluding hydrogens is 356 g/mol. The Labute approximate surface area is 164 Å². The van der Waals surface area contributed by atoms with Crippen LogP contribution in [0, 0.1) is 0 Å². The van der Waals surface area contributed by atoms with Crippen molar-refractivity contribution < 1.29 is 14.3 Å². The molecule has 1 saturated heterocycles. The zero-order valence-electron chi connectivity index (χ0n) is 16.9. The minimum atomic E-state index is -0.294. The topological polar surface area (TPSA) is 67.7 Å². The van der Waals surface area contributed by atoms with Gasteiger partial charge in [0.1, 0.15) is 6.61 Å². The molecule has 148 valence electrons.